The van der Waals surface area contributed by atoms with Crippen molar-refractivity contribution in [3.63, 3.8) is 0 Å². The third-order valence-corrected chi connectivity index (χ3v) is 5.49. The van der Waals surface area contributed by atoms with Gasteiger partial charge in [0.2, 0.25) is 17.5 Å². The van der Waals surface area contributed by atoms with Gasteiger partial charge in [0, 0.05) is 31.4 Å². The van der Waals surface area contributed by atoms with Crippen molar-refractivity contribution < 1.29 is 38.1 Å². The molecular weight excluding hydrogens is 518 g/mol. The van der Waals surface area contributed by atoms with Crippen LogP contribution in [0.5, 0.6) is 29.0 Å². The van der Waals surface area contributed by atoms with E-state index < -0.39 is 64.4 Å². The van der Waals surface area contributed by atoms with Crippen molar-refractivity contribution in [2.75, 3.05) is 24.3 Å². The van der Waals surface area contributed by atoms with Gasteiger partial charge in [-0.3, -0.25) is 15.0 Å². The standard InChI is InChI=1S/C25H26F2N6O6/c1-25(24(30)37,11-17(35)36)32-20-18(26)22(38-14-6-4-5-13(10-14)33(2)3)31-23(19(20)27)39-16-9-12(21(28)29)7-8-15(16)34/h4-10,34H,11H2,1-3H3,(H3,28,29)(H2,30,37)(H,31,32)(H,35,36). The number of pyridine rings is 1. The minimum Gasteiger partial charge on any atom is -0.504 e. The number of aromatic hydroxyl groups is 1. The van der Waals surface area contributed by atoms with Crippen LogP contribution in [0.2, 0.25) is 0 Å². The number of amidine groups is 1. The molecule has 0 aliphatic carbocycles. The first kappa shape index (κ1) is 28.4. The fourth-order valence-corrected chi connectivity index (χ4v) is 3.32. The van der Waals surface area contributed by atoms with Crippen molar-refractivity contribution in [1.82, 2.24) is 4.98 Å². The van der Waals surface area contributed by atoms with Gasteiger partial charge >= 0.3 is 5.97 Å². The molecule has 1 aromatic heterocycles. The zero-order valence-electron chi connectivity index (χ0n) is 21.1. The average molecular weight is 545 g/mol. The van der Waals surface area contributed by atoms with E-state index in [-0.39, 0.29) is 17.1 Å². The summed E-state index contributed by atoms with van der Waals surface area (Å²) < 4.78 is 42.2. The lowest BCUT2D eigenvalue weighted by atomic mass is 9.96. The number of carboxylic acids is 1. The number of nitrogen functional groups attached to an aromatic ring is 1. The second-order valence-corrected chi connectivity index (χ2v) is 8.81. The molecule has 0 aliphatic heterocycles. The van der Waals surface area contributed by atoms with E-state index in [0.29, 0.717) is 5.69 Å². The summed E-state index contributed by atoms with van der Waals surface area (Å²) in [4.78, 5) is 29.0. The van der Waals surface area contributed by atoms with Crippen LogP contribution in [0, 0.1) is 17.0 Å². The number of nitrogens with two attached hydrogens (primary N) is 2. The Morgan fingerprint density at radius 1 is 1.10 bits per heavy atom. The van der Waals surface area contributed by atoms with Crippen molar-refractivity contribution in [3.8, 4) is 29.0 Å². The lowest BCUT2D eigenvalue weighted by molar-refractivity contribution is -0.140. The van der Waals surface area contributed by atoms with Crippen LogP contribution in [0.4, 0.5) is 20.2 Å². The largest absolute Gasteiger partial charge is 0.504 e. The molecule has 3 aromatic rings. The molecule has 39 heavy (non-hydrogen) atoms. The summed E-state index contributed by atoms with van der Waals surface area (Å²) in [5.74, 6) is -8.50. The highest BCUT2D eigenvalue weighted by Gasteiger charge is 2.37. The van der Waals surface area contributed by atoms with E-state index in [9.17, 15) is 19.8 Å². The summed E-state index contributed by atoms with van der Waals surface area (Å²) in [5, 5.41) is 29.2. The topological polar surface area (TPSA) is 197 Å². The highest BCUT2D eigenvalue weighted by molar-refractivity contribution is 5.95. The number of carbonyl (C=O) groups excluding carboxylic acids is 1. The van der Waals surface area contributed by atoms with Crippen LogP contribution in [0.3, 0.4) is 0 Å². The van der Waals surface area contributed by atoms with Gasteiger partial charge < -0.3 is 41.4 Å². The number of benzene rings is 2. The van der Waals surface area contributed by atoms with E-state index >= 15 is 8.78 Å². The summed E-state index contributed by atoms with van der Waals surface area (Å²) in [7, 11) is 3.52. The quantitative estimate of drug-likeness (QED) is 0.154. The van der Waals surface area contributed by atoms with Gasteiger partial charge in [0.25, 0.3) is 11.8 Å². The fourth-order valence-electron chi connectivity index (χ4n) is 3.32. The molecule has 1 unspecified atom stereocenters. The molecule has 12 nitrogen and oxygen atoms in total. The number of amides is 1. The van der Waals surface area contributed by atoms with Crippen LogP contribution in [-0.2, 0) is 9.59 Å². The summed E-state index contributed by atoms with van der Waals surface area (Å²) in [6, 6.07) is 9.94. The first-order valence-corrected chi connectivity index (χ1v) is 11.2. The number of hydrogen-bond acceptors (Lipinski definition) is 9. The molecule has 0 fully saturated rings. The van der Waals surface area contributed by atoms with Crippen molar-refractivity contribution in [2.24, 2.45) is 11.5 Å². The van der Waals surface area contributed by atoms with Crippen molar-refractivity contribution >= 4 is 29.1 Å². The smallest absolute Gasteiger partial charge is 0.306 e. The zero-order chi connectivity index (χ0) is 29.1. The molecule has 0 radical (unpaired) electrons. The lowest BCUT2D eigenvalue weighted by Gasteiger charge is -2.27. The Labute approximate surface area is 221 Å². The van der Waals surface area contributed by atoms with E-state index in [0.717, 1.165) is 19.1 Å². The minimum atomic E-state index is -2.15. The predicted octanol–water partition coefficient (Wildman–Crippen LogP) is 3.13. The second kappa shape index (κ2) is 11.1. The van der Waals surface area contributed by atoms with E-state index in [1.165, 1.54) is 18.2 Å². The number of carboxylic acid groups (broad SMARTS) is 1. The summed E-state index contributed by atoms with van der Waals surface area (Å²) >= 11 is 0. The van der Waals surface area contributed by atoms with E-state index in [4.69, 9.17) is 26.4 Å². The molecule has 1 amide bonds. The number of carbonyl (C=O) groups is 2. The van der Waals surface area contributed by atoms with Crippen molar-refractivity contribution in [1.29, 1.82) is 5.41 Å². The molecule has 206 valence electrons. The first-order chi connectivity index (χ1) is 18.2. The molecule has 0 saturated heterocycles. The summed E-state index contributed by atoms with van der Waals surface area (Å²) in [5.41, 5.74) is 8.43. The fraction of sp³-hybridized carbons (Fsp3) is 0.200. The van der Waals surface area contributed by atoms with Gasteiger partial charge in [-0.2, -0.15) is 13.8 Å². The number of rotatable bonds is 11. The Bertz CT molecular complexity index is 1450. The van der Waals surface area contributed by atoms with Crippen molar-refractivity contribution in [2.45, 2.75) is 18.9 Å². The number of ether oxygens (including phenoxy) is 2. The van der Waals surface area contributed by atoms with Gasteiger partial charge in [-0.05, 0) is 37.3 Å². The van der Waals surface area contributed by atoms with Crippen LogP contribution in [0.1, 0.15) is 18.9 Å². The summed E-state index contributed by atoms with van der Waals surface area (Å²) in [6.45, 7) is 1.05. The highest BCUT2D eigenvalue weighted by atomic mass is 19.1. The van der Waals surface area contributed by atoms with Gasteiger partial charge in [-0.15, -0.1) is 0 Å². The number of nitrogens with zero attached hydrogens (tertiary/aromatic N) is 2. The number of primary amides is 1. The molecule has 1 atom stereocenters. The molecule has 1 heterocycles. The number of aliphatic carboxylic acids is 1. The monoisotopic (exact) mass is 544 g/mol. The first-order valence-electron chi connectivity index (χ1n) is 11.2. The van der Waals surface area contributed by atoms with Gasteiger partial charge in [-0.25, -0.2) is 0 Å². The maximum atomic E-state index is 15.6. The van der Waals surface area contributed by atoms with Gasteiger partial charge in [0.1, 0.15) is 22.8 Å². The van der Waals surface area contributed by atoms with Crippen LogP contribution < -0.4 is 31.2 Å². The van der Waals surface area contributed by atoms with E-state index in [1.807, 2.05) is 0 Å². The van der Waals surface area contributed by atoms with Crippen LogP contribution in [0.25, 0.3) is 0 Å². The molecule has 2 aromatic carbocycles. The Hall–Kier alpha value is -5.14. The average Bonchev–Trinajstić information content (AvgIpc) is 2.85. The number of nitrogens with one attached hydrogen (secondary N) is 2. The third-order valence-electron chi connectivity index (χ3n) is 5.49. The molecule has 3 rings (SSSR count). The Morgan fingerprint density at radius 2 is 1.74 bits per heavy atom. The van der Waals surface area contributed by atoms with Gasteiger partial charge in [0.15, 0.2) is 11.5 Å². The maximum absolute atomic E-state index is 15.6. The lowest BCUT2D eigenvalue weighted by Crippen LogP contribution is -2.49. The van der Waals surface area contributed by atoms with Gasteiger partial charge in [-0.1, -0.05) is 6.07 Å². The summed E-state index contributed by atoms with van der Waals surface area (Å²) in [6.07, 6.45) is -0.928. The number of phenolic OH excluding ortho intramolecular Hbond substituents is 1. The number of phenols is 1. The second-order valence-electron chi connectivity index (χ2n) is 8.81. The molecule has 14 heteroatoms. The third kappa shape index (κ3) is 6.41. The van der Waals surface area contributed by atoms with Crippen molar-refractivity contribution in [3.05, 3.63) is 59.7 Å². The number of halogens is 2. The molecule has 8 N–H and O–H groups in total. The van der Waals surface area contributed by atoms with Gasteiger partial charge in [0.05, 0.1) is 6.42 Å². The molecular formula is C25H26F2N6O6. The zero-order valence-corrected chi connectivity index (χ0v) is 21.1. The minimum absolute atomic E-state index is 0.0979. The van der Waals surface area contributed by atoms with Crippen LogP contribution >= 0.6 is 0 Å². The Morgan fingerprint density at radius 3 is 2.31 bits per heavy atom. The Kier molecular flexibility index (Phi) is 8.08. The predicted molar refractivity (Wildman–Crippen MR) is 138 cm³/mol. The molecule has 0 saturated carbocycles. The molecule has 0 bridgehead atoms. The maximum Gasteiger partial charge on any atom is 0.306 e. The van der Waals surface area contributed by atoms with E-state index in [2.05, 4.69) is 10.3 Å². The number of anilines is 2. The normalized spacial score (nSPS) is 12.2. The van der Waals surface area contributed by atoms with E-state index in [1.54, 1.807) is 31.1 Å². The molecule has 0 aliphatic rings. The SMILES string of the molecule is CN(C)c1cccc(Oc2nc(Oc3cc(C(=N)N)ccc3O)c(F)c(NC(C)(CC(=O)O)C(N)=O)c2F)c1. The molecule has 0 spiro atoms. The highest BCUT2D eigenvalue weighted by Crippen LogP contribution is 2.40. The van der Waals surface area contributed by atoms with Crippen LogP contribution in [-0.4, -0.2) is 52.5 Å². The van der Waals surface area contributed by atoms with Crippen LogP contribution in [0.15, 0.2) is 42.5 Å². The number of aromatic nitrogens is 1. The Balaban J connectivity index is 2.19. The number of hydrogen-bond donors (Lipinski definition) is 6.